The number of hydrogen-bond acceptors (Lipinski definition) is 3. The first kappa shape index (κ1) is 14.7. The standard InChI is InChI=1S/C12H20O4/c1-2-12(15)16-10-8-6-4-3-5-7-9-11(13)14/h2H,1,3-10H2,(H,13,14). The molecule has 4 heteroatoms. The van der Waals surface area contributed by atoms with Crippen molar-refractivity contribution in [2.75, 3.05) is 6.61 Å². The summed E-state index contributed by atoms with van der Waals surface area (Å²) in [6.07, 6.45) is 7.10. The van der Waals surface area contributed by atoms with Crippen LogP contribution < -0.4 is 0 Å². The van der Waals surface area contributed by atoms with Crippen molar-refractivity contribution in [3.05, 3.63) is 12.7 Å². The van der Waals surface area contributed by atoms with Crippen LogP contribution in [0.3, 0.4) is 0 Å². The van der Waals surface area contributed by atoms with Gasteiger partial charge in [-0.25, -0.2) is 4.79 Å². The van der Waals surface area contributed by atoms with Crippen LogP contribution in [0, 0.1) is 0 Å². The number of carboxylic acid groups (broad SMARTS) is 1. The number of carboxylic acids is 1. The molecule has 0 saturated carbocycles. The minimum absolute atomic E-state index is 0.261. The molecule has 0 aliphatic rings. The van der Waals surface area contributed by atoms with E-state index in [-0.39, 0.29) is 12.4 Å². The Balaban J connectivity index is 3.07. The zero-order valence-electron chi connectivity index (χ0n) is 9.61. The van der Waals surface area contributed by atoms with E-state index in [9.17, 15) is 9.59 Å². The Morgan fingerprint density at radius 1 is 1.06 bits per heavy atom. The van der Waals surface area contributed by atoms with E-state index in [0.29, 0.717) is 6.61 Å². The summed E-state index contributed by atoms with van der Waals surface area (Å²) in [7, 11) is 0. The van der Waals surface area contributed by atoms with Gasteiger partial charge in [0.05, 0.1) is 6.61 Å². The van der Waals surface area contributed by atoms with E-state index in [1.165, 1.54) is 0 Å². The molecule has 0 rings (SSSR count). The van der Waals surface area contributed by atoms with E-state index in [4.69, 9.17) is 9.84 Å². The highest BCUT2D eigenvalue weighted by Gasteiger charge is 1.97. The van der Waals surface area contributed by atoms with Gasteiger partial charge < -0.3 is 9.84 Å². The Morgan fingerprint density at radius 2 is 1.62 bits per heavy atom. The summed E-state index contributed by atoms with van der Waals surface area (Å²) >= 11 is 0. The highest BCUT2D eigenvalue weighted by molar-refractivity contribution is 5.81. The number of esters is 1. The van der Waals surface area contributed by atoms with Gasteiger partial charge in [0.25, 0.3) is 0 Å². The van der Waals surface area contributed by atoms with Crippen LogP contribution in [-0.2, 0) is 14.3 Å². The average molecular weight is 228 g/mol. The number of hydrogen-bond donors (Lipinski definition) is 1. The Morgan fingerprint density at radius 3 is 2.19 bits per heavy atom. The Labute approximate surface area is 96.3 Å². The summed E-state index contributed by atoms with van der Waals surface area (Å²) in [4.78, 5) is 20.9. The summed E-state index contributed by atoms with van der Waals surface area (Å²) in [5.41, 5.74) is 0. The average Bonchev–Trinajstić information content (AvgIpc) is 2.26. The molecule has 0 aromatic rings. The first-order valence-corrected chi connectivity index (χ1v) is 5.68. The van der Waals surface area contributed by atoms with Crippen molar-refractivity contribution < 1.29 is 19.4 Å². The third-order valence-corrected chi connectivity index (χ3v) is 2.20. The zero-order chi connectivity index (χ0) is 12.2. The number of carbonyl (C=O) groups is 2. The minimum Gasteiger partial charge on any atom is -0.481 e. The van der Waals surface area contributed by atoms with E-state index in [2.05, 4.69) is 6.58 Å². The van der Waals surface area contributed by atoms with Gasteiger partial charge in [-0.2, -0.15) is 0 Å². The van der Waals surface area contributed by atoms with Crippen molar-refractivity contribution in [3.63, 3.8) is 0 Å². The second-order valence-corrected chi connectivity index (χ2v) is 3.64. The van der Waals surface area contributed by atoms with E-state index in [1.54, 1.807) is 0 Å². The molecule has 0 aromatic heterocycles. The highest BCUT2D eigenvalue weighted by Crippen LogP contribution is 2.07. The zero-order valence-corrected chi connectivity index (χ0v) is 9.61. The number of unbranched alkanes of at least 4 members (excludes halogenated alkanes) is 5. The Hall–Kier alpha value is -1.32. The van der Waals surface area contributed by atoms with Crippen molar-refractivity contribution in [1.82, 2.24) is 0 Å². The normalized spacial score (nSPS) is 9.75. The molecule has 0 heterocycles. The molecule has 0 aliphatic heterocycles. The quantitative estimate of drug-likeness (QED) is 0.354. The van der Waals surface area contributed by atoms with Gasteiger partial charge in [-0.15, -0.1) is 0 Å². The van der Waals surface area contributed by atoms with Crippen molar-refractivity contribution in [2.45, 2.75) is 44.9 Å². The maximum Gasteiger partial charge on any atom is 0.330 e. The summed E-state index contributed by atoms with van der Waals surface area (Å²) in [5.74, 6) is -1.10. The molecule has 1 N–H and O–H groups in total. The summed E-state index contributed by atoms with van der Waals surface area (Å²) in [5, 5.41) is 8.40. The Bertz CT molecular complexity index is 223. The molecule has 0 spiro atoms. The van der Waals surface area contributed by atoms with Crippen LogP contribution in [0.4, 0.5) is 0 Å². The van der Waals surface area contributed by atoms with Gasteiger partial charge in [0.15, 0.2) is 0 Å². The SMILES string of the molecule is C=CC(=O)OCCCCCCCCC(=O)O. The predicted molar refractivity (Wildman–Crippen MR) is 61.1 cm³/mol. The molecule has 0 atom stereocenters. The maximum absolute atomic E-state index is 10.7. The fraction of sp³-hybridized carbons (Fsp3) is 0.667. The van der Waals surface area contributed by atoms with E-state index < -0.39 is 5.97 Å². The molecule has 92 valence electrons. The van der Waals surface area contributed by atoms with Crippen LogP contribution >= 0.6 is 0 Å². The lowest BCUT2D eigenvalue weighted by Gasteiger charge is -2.02. The van der Waals surface area contributed by atoms with Crippen LogP contribution in [0.1, 0.15) is 44.9 Å². The van der Waals surface area contributed by atoms with E-state index in [1.807, 2.05) is 0 Å². The van der Waals surface area contributed by atoms with Crippen LogP contribution in [-0.4, -0.2) is 23.7 Å². The fourth-order valence-electron chi connectivity index (χ4n) is 1.32. The molecule has 0 amide bonds. The second-order valence-electron chi connectivity index (χ2n) is 3.64. The van der Waals surface area contributed by atoms with Crippen LogP contribution in [0.15, 0.2) is 12.7 Å². The molecule has 0 unspecified atom stereocenters. The van der Waals surface area contributed by atoms with Gasteiger partial charge in [-0.3, -0.25) is 4.79 Å². The molecule has 0 radical (unpaired) electrons. The van der Waals surface area contributed by atoms with E-state index in [0.717, 1.165) is 44.6 Å². The van der Waals surface area contributed by atoms with Gasteiger partial charge in [0, 0.05) is 12.5 Å². The highest BCUT2D eigenvalue weighted by atomic mass is 16.5. The molecule has 0 aromatic carbocycles. The van der Waals surface area contributed by atoms with Crippen molar-refractivity contribution >= 4 is 11.9 Å². The molecular weight excluding hydrogens is 208 g/mol. The van der Waals surface area contributed by atoms with Crippen molar-refractivity contribution in [2.24, 2.45) is 0 Å². The number of rotatable bonds is 10. The monoisotopic (exact) mass is 228 g/mol. The lowest BCUT2D eigenvalue weighted by Crippen LogP contribution is -2.01. The predicted octanol–water partition coefficient (Wildman–Crippen LogP) is 2.53. The van der Waals surface area contributed by atoms with Crippen LogP contribution in [0.2, 0.25) is 0 Å². The summed E-state index contributed by atoms with van der Waals surface area (Å²) in [6, 6.07) is 0. The fourth-order valence-corrected chi connectivity index (χ4v) is 1.32. The third kappa shape index (κ3) is 10.8. The molecule has 4 nitrogen and oxygen atoms in total. The minimum atomic E-state index is -0.726. The summed E-state index contributed by atoms with van der Waals surface area (Å²) < 4.78 is 4.82. The third-order valence-electron chi connectivity index (χ3n) is 2.20. The van der Waals surface area contributed by atoms with Gasteiger partial charge in [-0.1, -0.05) is 32.3 Å². The number of ether oxygens (including phenoxy) is 1. The topological polar surface area (TPSA) is 63.6 Å². The molecule has 16 heavy (non-hydrogen) atoms. The molecule has 0 saturated heterocycles. The number of carbonyl (C=O) groups excluding carboxylic acids is 1. The van der Waals surface area contributed by atoms with Gasteiger partial charge in [-0.05, 0) is 12.8 Å². The largest absolute Gasteiger partial charge is 0.481 e. The van der Waals surface area contributed by atoms with Crippen LogP contribution in [0.25, 0.3) is 0 Å². The first-order chi connectivity index (χ1) is 7.66. The second kappa shape index (κ2) is 10.2. The van der Waals surface area contributed by atoms with Crippen LogP contribution in [0.5, 0.6) is 0 Å². The maximum atomic E-state index is 10.7. The van der Waals surface area contributed by atoms with Gasteiger partial charge in [0.1, 0.15) is 0 Å². The summed E-state index contributed by atoms with van der Waals surface area (Å²) in [6.45, 7) is 3.75. The molecule has 0 aliphatic carbocycles. The lowest BCUT2D eigenvalue weighted by atomic mass is 10.1. The van der Waals surface area contributed by atoms with Crippen molar-refractivity contribution in [1.29, 1.82) is 0 Å². The number of aliphatic carboxylic acids is 1. The first-order valence-electron chi connectivity index (χ1n) is 5.68. The molecular formula is C12H20O4. The lowest BCUT2D eigenvalue weighted by molar-refractivity contribution is -0.138. The van der Waals surface area contributed by atoms with Gasteiger partial charge in [0.2, 0.25) is 0 Å². The van der Waals surface area contributed by atoms with E-state index >= 15 is 0 Å². The molecule has 0 fully saturated rings. The Kier molecular flexibility index (Phi) is 9.36. The molecule has 0 bridgehead atoms. The van der Waals surface area contributed by atoms with Crippen molar-refractivity contribution in [3.8, 4) is 0 Å². The smallest absolute Gasteiger partial charge is 0.330 e. The van der Waals surface area contributed by atoms with Gasteiger partial charge >= 0.3 is 11.9 Å².